The summed E-state index contributed by atoms with van der Waals surface area (Å²) >= 11 is 0. The van der Waals surface area contributed by atoms with Crippen LogP contribution in [0, 0.1) is 0 Å². The van der Waals surface area contributed by atoms with Crippen molar-refractivity contribution in [3.05, 3.63) is 23.8 Å². The second-order valence-electron chi connectivity index (χ2n) is 2.48. The summed E-state index contributed by atoms with van der Waals surface area (Å²) in [7, 11) is 0. The molecule has 0 aliphatic rings. The summed E-state index contributed by atoms with van der Waals surface area (Å²) in [4.78, 5) is 20.4. The van der Waals surface area contributed by atoms with Gasteiger partial charge in [-0.3, -0.25) is 0 Å². The molecule has 0 fully saturated rings. The molecule has 4 heteroatoms. The molecule has 72 valence electrons. The lowest BCUT2D eigenvalue weighted by Gasteiger charge is -1.95. The first-order valence-electron chi connectivity index (χ1n) is 3.90. The molecule has 0 bridgehead atoms. The van der Waals surface area contributed by atoms with E-state index in [0.29, 0.717) is 12.0 Å². The van der Waals surface area contributed by atoms with E-state index in [1.807, 2.05) is 6.92 Å². The van der Waals surface area contributed by atoms with E-state index in [1.54, 1.807) is 0 Å². The Balaban J connectivity index is 4.42. The molecule has 0 amide bonds. The number of aliphatic carboxylic acids is 2. The average molecular weight is 184 g/mol. The normalized spacial score (nSPS) is 11.9. The SMILES string of the molecule is CCCC(/C=C/C(=O)O)=C\C(=O)O. The van der Waals surface area contributed by atoms with Gasteiger partial charge in [-0.2, -0.15) is 0 Å². The summed E-state index contributed by atoms with van der Waals surface area (Å²) in [6.07, 6.45) is 4.60. The van der Waals surface area contributed by atoms with Crippen molar-refractivity contribution in [2.75, 3.05) is 0 Å². The second-order valence-corrected chi connectivity index (χ2v) is 2.48. The molecule has 2 N–H and O–H groups in total. The number of allylic oxidation sites excluding steroid dienone is 2. The van der Waals surface area contributed by atoms with E-state index in [0.717, 1.165) is 18.6 Å². The monoisotopic (exact) mass is 184 g/mol. The quantitative estimate of drug-likeness (QED) is 0.500. The maximum atomic E-state index is 10.3. The van der Waals surface area contributed by atoms with Gasteiger partial charge in [-0.15, -0.1) is 0 Å². The van der Waals surface area contributed by atoms with Crippen molar-refractivity contribution >= 4 is 11.9 Å². The predicted octanol–water partition coefficient (Wildman–Crippen LogP) is 1.44. The molecule has 0 heterocycles. The molecule has 0 aliphatic heterocycles. The van der Waals surface area contributed by atoms with E-state index in [4.69, 9.17) is 10.2 Å². The van der Waals surface area contributed by atoms with Crippen molar-refractivity contribution in [3.63, 3.8) is 0 Å². The smallest absolute Gasteiger partial charge is 0.328 e. The fourth-order valence-electron chi connectivity index (χ4n) is 0.829. The lowest BCUT2D eigenvalue weighted by Crippen LogP contribution is -1.92. The van der Waals surface area contributed by atoms with Gasteiger partial charge in [-0.05, 0) is 12.0 Å². The lowest BCUT2D eigenvalue weighted by molar-refractivity contribution is -0.132. The van der Waals surface area contributed by atoms with E-state index in [9.17, 15) is 9.59 Å². The summed E-state index contributed by atoms with van der Waals surface area (Å²) < 4.78 is 0. The predicted molar refractivity (Wildman–Crippen MR) is 47.4 cm³/mol. The molecule has 0 saturated carbocycles. The van der Waals surface area contributed by atoms with E-state index in [-0.39, 0.29) is 0 Å². The summed E-state index contributed by atoms with van der Waals surface area (Å²) in [5.41, 5.74) is 0.511. The molecule has 0 aromatic heterocycles. The molecular formula is C9H12O4. The number of hydrogen-bond acceptors (Lipinski definition) is 2. The summed E-state index contributed by atoms with van der Waals surface area (Å²) in [6, 6.07) is 0. The Morgan fingerprint density at radius 2 is 1.77 bits per heavy atom. The first-order chi connectivity index (χ1) is 6.06. The number of carboxylic acids is 2. The van der Waals surface area contributed by atoms with Crippen molar-refractivity contribution in [1.29, 1.82) is 0 Å². The third-order valence-corrected chi connectivity index (χ3v) is 1.29. The molecule has 0 spiro atoms. The van der Waals surface area contributed by atoms with Crippen molar-refractivity contribution in [3.8, 4) is 0 Å². The van der Waals surface area contributed by atoms with E-state index >= 15 is 0 Å². The van der Waals surface area contributed by atoms with E-state index < -0.39 is 11.9 Å². The van der Waals surface area contributed by atoms with Gasteiger partial charge < -0.3 is 10.2 Å². The Kier molecular flexibility index (Phi) is 5.27. The molecule has 0 rings (SSSR count). The van der Waals surface area contributed by atoms with Crippen LogP contribution in [0.1, 0.15) is 19.8 Å². The first kappa shape index (κ1) is 11.4. The molecule has 4 nitrogen and oxygen atoms in total. The van der Waals surface area contributed by atoms with E-state index in [2.05, 4.69) is 0 Å². The van der Waals surface area contributed by atoms with Crippen LogP contribution in [0.3, 0.4) is 0 Å². The molecule has 0 unspecified atom stereocenters. The van der Waals surface area contributed by atoms with Crippen LogP contribution in [0.15, 0.2) is 23.8 Å². The van der Waals surface area contributed by atoms with Crippen molar-refractivity contribution in [2.24, 2.45) is 0 Å². The minimum absolute atomic E-state index is 0.511. The van der Waals surface area contributed by atoms with Gasteiger partial charge in [0.2, 0.25) is 0 Å². The third-order valence-electron chi connectivity index (χ3n) is 1.29. The van der Waals surface area contributed by atoms with Crippen molar-refractivity contribution < 1.29 is 19.8 Å². The van der Waals surface area contributed by atoms with Crippen LogP contribution in [-0.4, -0.2) is 22.2 Å². The summed E-state index contributed by atoms with van der Waals surface area (Å²) in [6.45, 7) is 1.89. The standard InChI is InChI=1S/C9H12O4/c1-2-3-7(6-9(12)13)4-5-8(10)11/h4-6H,2-3H2,1H3,(H,10,11)(H,12,13)/b5-4+,7-6+. The van der Waals surface area contributed by atoms with Gasteiger partial charge in [0, 0.05) is 12.2 Å². The van der Waals surface area contributed by atoms with Crippen molar-refractivity contribution in [1.82, 2.24) is 0 Å². The van der Waals surface area contributed by atoms with Crippen LogP contribution >= 0.6 is 0 Å². The largest absolute Gasteiger partial charge is 0.478 e. The second kappa shape index (κ2) is 5.99. The van der Waals surface area contributed by atoms with Crippen molar-refractivity contribution in [2.45, 2.75) is 19.8 Å². The maximum absolute atomic E-state index is 10.3. The Bertz CT molecular complexity index is 250. The highest BCUT2D eigenvalue weighted by Crippen LogP contribution is 2.06. The Labute approximate surface area is 76.2 Å². The van der Waals surface area contributed by atoms with Gasteiger partial charge in [-0.1, -0.05) is 19.4 Å². The van der Waals surface area contributed by atoms with Gasteiger partial charge in [-0.25, -0.2) is 9.59 Å². The molecule has 0 aromatic carbocycles. The third kappa shape index (κ3) is 6.80. The van der Waals surface area contributed by atoms with Crippen LogP contribution in [0.4, 0.5) is 0 Å². The van der Waals surface area contributed by atoms with Crippen LogP contribution in [0.2, 0.25) is 0 Å². The van der Waals surface area contributed by atoms with Gasteiger partial charge >= 0.3 is 11.9 Å². The summed E-state index contributed by atoms with van der Waals surface area (Å²) in [5, 5.41) is 16.7. The van der Waals surface area contributed by atoms with Crippen LogP contribution < -0.4 is 0 Å². The number of rotatable bonds is 5. The minimum atomic E-state index is -1.08. The molecule has 13 heavy (non-hydrogen) atoms. The highest BCUT2D eigenvalue weighted by Gasteiger charge is 1.96. The van der Waals surface area contributed by atoms with E-state index in [1.165, 1.54) is 6.08 Å². The summed E-state index contributed by atoms with van der Waals surface area (Å²) in [5.74, 6) is -2.13. The van der Waals surface area contributed by atoms with Gasteiger partial charge in [0.05, 0.1) is 0 Å². The zero-order chi connectivity index (χ0) is 10.3. The van der Waals surface area contributed by atoms with Gasteiger partial charge in [0.15, 0.2) is 0 Å². The zero-order valence-electron chi connectivity index (χ0n) is 7.36. The molecule has 0 atom stereocenters. The number of hydrogen-bond donors (Lipinski definition) is 2. The zero-order valence-corrected chi connectivity index (χ0v) is 7.36. The molecule has 0 aliphatic carbocycles. The Morgan fingerprint density at radius 1 is 1.15 bits per heavy atom. The molecule has 0 aromatic rings. The van der Waals surface area contributed by atoms with Crippen LogP contribution in [-0.2, 0) is 9.59 Å². The van der Waals surface area contributed by atoms with Crippen LogP contribution in [0.5, 0.6) is 0 Å². The van der Waals surface area contributed by atoms with Gasteiger partial charge in [0.25, 0.3) is 0 Å². The first-order valence-corrected chi connectivity index (χ1v) is 3.90. The Morgan fingerprint density at radius 3 is 2.15 bits per heavy atom. The number of carbonyl (C=O) groups is 2. The highest BCUT2D eigenvalue weighted by molar-refractivity contribution is 5.83. The molecule has 0 radical (unpaired) electrons. The fraction of sp³-hybridized carbons (Fsp3) is 0.333. The molecular weight excluding hydrogens is 172 g/mol. The average Bonchev–Trinajstić information content (AvgIpc) is 1.99. The number of carboxylic acid groups (broad SMARTS) is 2. The topological polar surface area (TPSA) is 74.6 Å². The maximum Gasteiger partial charge on any atom is 0.328 e. The fourth-order valence-corrected chi connectivity index (χ4v) is 0.829. The Hall–Kier alpha value is -1.58. The van der Waals surface area contributed by atoms with Crippen LogP contribution in [0.25, 0.3) is 0 Å². The molecule has 0 saturated heterocycles. The van der Waals surface area contributed by atoms with Gasteiger partial charge in [0.1, 0.15) is 0 Å². The highest BCUT2D eigenvalue weighted by atomic mass is 16.4. The lowest BCUT2D eigenvalue weighted by atomic mass is 10.1. The minimum Gasteiger partial charge on any atom is -0.478 e.